The van der Waals surface area contributed by atoms with Crippen LogP contribution in [0.4, 0.5) is 0 Å². The van der Waals surface area contributed by atoms with Crippen LogP contribution in [0, 0.1) is 0 Å². The van der Waals surface area contributed by atoms with E-state index in [-0.39, 0.29) is 5.54 Å². The molecular weight excluding hydrogens is 170 g/mol. The molecule has 1 aliphatic heterocycles. The van der Waals surface area contributed by atoms with E-state index in [1.54, 1.807) is 0 Å². The minimum Gasteiger partial charge on any atom is -0.293 e. The molecule has 1 heterocycles. The Morgan fingerprint density at radius 2 is 2.33 bits per heavy atom. The predicted octanol–water partition coefficient (Wildman–Crippen LogP) is 1.02. The summed E-state index contributed by atoms with van der Waals surface area (Å²) in [6.07, 6.45) is 1.91. The van der Waals surface area contributed by atoms with Gasteiger partial charge in [-0.15, -0.1) is 6.58 Å². The summed E-state index contributed by atoms with van der Waals surface area (Å²) in [6.45, 7) is 9.86. The molecule has 1 unspecified atom stereocenters. The smallest absolute Gasteiger partial charge is 0.0414 e. The average molecular weight is 187 g/mol. The van der Waals surface area contributed by atoms with Gasteiger partial charge in [0.05, 0.1) is 0 Å². The third-order valence-corrected chi connectivity index (χ3v) is 3.97. The van der Waals surface area contributed by atoms with Crippen LogP contribution in [0.2, 0.25) is 0 Å². The molecule has 3 heteroatoms. The minimum atomic E-state index is -0.610. The highest BCUT2D eigenvalue weighted by Crippen LogP contribution is 2.19. The van der Waals surface area contributed by atoms with Crippen molar-refractivity contribution < 1.29 is 4.21 Å². The molecule has 0 saturated carbocycles. The number of hydrogen-bond donors (Lipinski definition) is 0. The summed E-state index contributed by atoms with van der Waals surface area (Å²) in [6, 6.07) is 0. The molecule has 0 aromatic rings. The largest absolute Gasteiger partial charge is 0.293 e. The summed E-state index contributed by atoms with van der Waals surface area (Å²) >= 11 is 0. The maximum absolute atomic E-state index is 11.3. The van der Waals surface area contributed by atoms with E-state index in [0.717, 1.165) is 24.6 Å². The Kier molecular flexibility index (Phi) is 3.07. The van der Waals surface area contributed by atoms with Crippen LogP contribution in [0.3, 0.4) is 0 Å². The third-order valence-electron chi connectivity index (χ3n) is 2.31. The second-order valence-corrected chi connectivity index (χ2v) is 5.41. The van der Waals surface area contributed by atoms with Gasteiger partial charge in [-0.25, -0.2) is 0 Å². The SMILES string of the molecule is C=CCN1CCS(=O)CC1(C)C. The van der Waals surface area contributed by atoms with Crippen LogP contribution in [0.25, 0.3) is 0 Å². The lowest BCUT2D eigenvalue weighted by molar-refractivity contribution is 0.160. The van der Waals surface area contributed by atoms with Gasteiger partial charge >= 0.3 is 0 Å². The van der Waals surface area contributed by atoms with Crippen molar-refractivity contribution in [3.05, 3.63) is 12.7 Å². The first kappa shape index (κ1) is 9.93. The van der Waals surface area contributed by atoms with E-state index in [4.69, 9.17) is 0 Å². The summed E-state index contributed by atoms with van der Waals surface area (Å²) in [5.74, 6) is 1.61. The normalized spacial score (nSPS) is 30.0. The lowest BCUT2D eigenvalue weighted by Crippen LogP contribution is -2.53. The fraction of sp³-hybridized carbons (Fsp3) is 0.778. The third kappa shape index (κ3) is 2.17. The minimum absolute atomic E-state index is 0.0807. The summed E-state index contributed by atoms with van der Waals surface area (Å²) in [5, 5.41) is 0. The van der Waals surface area contributed by atoms with Gasteiger partial charge in [0.1, 0.15) is 0 Å². The quantitative estimate of drug-likeness (QED) is 0.601. The Morgan fingerprint density at radius 3 is 2.83 bits per heavy atom. The van der Waals surface area contributed by atoms with E-state index in [2.05, 4.69) is 25.3 Å². The Labute approximate surface area is 77.1 Å². The molecule has 0 aromatic heterocycles. The highest BCUT2D eigenvalue weighted by Gasteiger charge is 2.32. The molecule has 0 amide bonds. The lowest BCUT2D eigenvalue weighted by atomic mass is 10.1. The van der Waals surface area contributed by atoms with Crippen molar-refractivity contribution in [1.29, 1.82) is 0 Å². The van der Waals surface area contributed by atoms with Crippen molar-refractivity contribution in [1.82, 2.24) is 4.90 Å². The molecule has 0 bridgehead atoms. The highest BCUT2D eigenvalue weighted by atomic mass is 32.2. The fourth-order valence-electron chi connectivity index (χ4n) is 1.57. The summed E-state index contributed by atoms with van der Waals surface area (Å²) < 4.78 is 11.3. The van der Waals surface area contributed by atoms with Gasteiger partial charge in [-0.3, -0.25) is 9.11 Å². The average Bonchev–Trinajstić information content (AvgIpc) is 1.94. The molecule has 1 rings (SSSR count). The maximum Gasteiger partial charge on any atom is 0.0414 e. The second-order valence-electron chi connectivity index (χ2n) is 3.84. The van der Waals surface area contributed by atoms with Crippen molar-refractivity contribution in [3.8, 4) is 0 Å². The monoisotopic (exact) mass is 187 g/mol. The van der Waals surface area contributed by atoms with Crippen molar-refractivity contribution in [2.75, 3.05) is 24.6 Å². The Hall–Kier alpha value is -0.150. The first-order valence-corrected chi connectivity index (χ1v) is 5.76. The van der Waals surface area contributed by atoms with Gasteiger partial charge in [0.2, 0.25) is 0 Å². The maximum atomic E-state index is 11.3. The van der Waals surface area contributed by atoms with E-state index in [0.29, 0.717) is 0 Å². The lowest BCUT2D eigenvalue weighted by Gasteiger charge is -2.41. The fourth-order valence-corrected chi connectivity index (χ4v) is 3.11. The van der Waals surface area contributed by atoms with Crippen LogP contribution < -0.4 is 0 Å². The molecule has 0 radical (unpaired) electrons. The zero-order chi connectivity index (χ0) is 9.19. The molecule has 70 valence electrons. The number of rotatable bonds is 2. The Morgan fingerprint density at radius 1 is 1.67 bits per heavy atom. The van der Waals surface area contributed by atoms with E-state index in [1.807, 2.05) is 6.08 Å². The first-order chi connectivity index (χ1) is 5.56. The van der Waals surface area contributed by atoms with Crippen molar-refractivity contribution in [3.63, 3.8) is 0 Å². The topological polar surface area (TPSA) is 20.3 Å². The predicted molar refractivity (Wildman–Crippen MR) is 53.7 cm³/mol. The highest BCUT2D eigenvalue weighted by molar-refractivity contribution is 7.85. The second kappa shape index (κ2) is 3.71. The van der Waals surface area contributed by atoms with Gasteiger partial charge in [0.25, 0.3) is 0 Å². The molecule has 1 atom stereocenters. The van der Waals surface area contributed by atoms with Gasteiger partial charge in [-0.1, -0.05) is 6.08 Å². The van der Waals surface area contributed by atoms with Gasteiger partial charge in [0, 0.05) is 40.9 Å². The van der Waals surface area contributed by atoms with E-state index in [1.165, 1.54) is 0 Å². The molecular formula is C9H17NOS. The first-order valence-electron chi connectivity index (χ1n) is 4.27. The Bertz CT molecular complexity index is 201. The van der Waals surface area contributed by atoms with Crippen LogP contribution in [-0.2, 0) is 10.8 Å². The molecule has 1 aliphatic rings. The van der Waals surface area contributed by atoms with Crippen molar-refractivity contribution >= 4 is 10.8 Å². The van der Waals surface area contributed by atoms with Crippen molar-refractivity contribution in [2.45, 2.75) is 19.4 Å². The zero-order valence-corrected chi connectivity index (χ0v) is 8.69. The number of nitrogens with zero attached hydrogens (tertiary/aromatic N) is 1. The summed E-state index contributed by atoms with van der Waals surface area (Å²) in [5.41, 5.74) is 0.0807. The standard InChI is InChI=1S/C9H17NOS/c1-4-5-10-6-7-12(11)8-9(10,2)3/h4H,1,5-8H2,2-3H3. The van der Waals surface area contributed by atoms with Crippen LogP contribution in [0.15, 0.2) is 12.7 Å². The van der Waals surface area contributed by atoms with Gasteiger partial charge in [-0.05, 0) is 13.8 Å². The van der Waals surface area contributed by atoms with E-state index < -0.39 is 10.8 Å². The van der Waals surface area contributed by atoms with Gasteiger partial charge < -0.3 is 0 Å². The number of hydrogen-bond acceptors (Lipinski definition) is 2. The summed E-state index contributed by atoms with van der Waals surface area (Å²) in [4.78, 5) is 2.33. The van der Waals surface area contributed by atoms with Crippen LogP contribution >= 0.6 is 0 Å². The summed E-state index contributed by atoms with van der Waals surface area (Å²) in [7, 11) is -0.610. The van der Waals surface area contributed by atoms with Crippen LogP contribution in [0.5, 0.6) is 0 Å². The van der Waals surface area contributed by atoms with Gasteiger partial charge in [0.15, 0.2) is 0 Å². The molecule has 0 aliphatic carbocycles. The molecule has 2 nitrogen and oxygen atoms in total. The van der Waals surface area contributed by atoms with Crippen molar-refractivity contribution in [2.24, 2.45) is 0 Å². The van der Waals surface area contributed by atoms with E-state index >= 15 is 0 Å². The molecule has 12 heavy (non-hydrogen) atoms. The van der Waals surface area contributed by atoms with Gasteiger partial charge in [-0.2, -0.15) is 0 Å². The van der Waals surface area contributed by atoms with Crippen LogP contribution in [0.1, 0.15) is 13.8 Å². The van der Waals surface area contributed by atoms with E-state index in [9.17, 15) is 4.21 Å². The molecule has 0 spiro atoms. The van der Waals surface area contributed by atoms with Crippen LogP contribution in [-0.4, -0.2) is 39.2 Å². The zero-order valence-electron chi connectivity index (χ0n) is 7.88. The Balaban J connectivity index is 2.63. The molecule has 1 saturated heterocycles. The molecule has 0 N–H and O–H groups in total. The molecule has 1 fully saturated rings. The molecule has 0 aromatic carbocycles.